The van der Waals surface area contributed by atoms with Gasteiger partial charge in [0, 0.05) is 13.7 Å². The first-order valence-corrected chi connectivity index (χ1v) is 7.31. The molecule has 0 saturated heterocycles. The Morgan fingerprint density at radius 1 is 1.35 bits per heavy atom. The number of hydrogen-bond donors (Lipinski definition) is 2. The minimum atomic E-state index is -0.844. The summed E-state index contributed by atoms with van der Waals surface area (Å²) in [4.78, 5) is 0. The van der Waals surface area contributed by atoms with Gasteiger partial charge in [0.2, 0.25) is 0 Å². The lowest BCUT2D eigenvalue weighted by molar-refractivity contribution is 0.0472. The van der Waals surface area contributed by atoms with Gasteiger partial charge in [-0.3, -0.25) is 0 Å². The zero-order chi connectivity index (χ0) is 14.4. The molecule has 4 heteroatoms. The van der Waals surface area contributed by atoms with Crippen LogP contribution in [0.25, 0.3) is 0 Å². The lowest BCUT2D eigenvalue weighted by Gasteiger charge is -2.24. The van der Waals surface area contributed by atoms with E-state index in [1.165, 1.54) is 0 Å². The Kier molecular flexibility index (Phi) is 5.40. The summed E-state index contributed by atoms with van der Waals surface area (Å²) in [5, 5.41) is 13.8. The quantitative estimate of drug-likeness (QED) is 0.679. The highest BCUT2D eigenvalue weighted by atomic mass is 16.5. The van der Waals surface area contributed by atoms with Crippen molar-refractivity contribution in [3.8, 4) is 5.75 Å². The fraction of sp³-hybridized carbons (Fsp3) is 0.625. The van der Waals surface area contributed by atoms with Crippen molar-refractivity contribution < 1.29 is 14.6 Å². The van der Waals surface area contributed by atoms with Crippen molar-refractivity contribution in [3.05, 3.63) is 29.8 Å². The molecule has 20 heavy (non-hydrogen) atoms. The molecule has 2 rings (SSSR count). The molecule has 0 amide bonds. The average molecular weight is 279 g/mol. The van der Waals surface area contributed by atoms with Gasteiger partial charge < -0.3 is 19.9 Å². The highest BCUT2D eigenvalue weighted by molar-refractivity contribution is 5.32. The van der Waals surface area contributed by atoms with E-state index in [-0.39, 0.29) is 0 Å². The molecule has 4 nitrogen and oxygen atoms in total. The van der Waals surface area contributed by atoms with Crippen molar-refractivity contribution in [1.82, 2.24) is 5.32 Å². The van der Waals surface area contributed by atoms with Gasteiger partial charge in [-0.1, -0.05) is 12.1 Å². The predicted molar refractivity (Wildman–Crippen MR) is 79.0 cm³/mol. The van der Waals surface area contributed by atoms with Crippen molar-refractivity contribution in [2.75, 3.05) is 26.8 Å². The number of ether oxygens (including phenoxy) is 2. The molecule has 1 aromatic rings. The largest absolute Gasteiger partial charge is 0.490 e. The third-order valence-electron chi connectivity index (χ3n) is 3.55. The molecule has 1 unspecified atom stereocenters. The zero-order valence-electron chi connectivity index (χ0n) is 12.4. The van der Waals surface area contributed by atoms with Gasteiger partial charge in [-0.05, 0) is 50.4 Å². The molecule has 1 fully saturated rings. The van der Waals surface area contributed by atoms with Gasteiger partial charge in [-0.2, -0.15) is 0 Å². The van der Waals surface area contributed by atoms with Gasteiger partial charge in [0.1, 0.15) is 5.75 Å². The first-order valence-electron chi connectivity index (χ1n) is 7.31. The van der Waals surface area contributed by atoms with Crippen LogP contribution in [0, 0.1) is 0 Å². The van der Waals surface area contributed by atoms with Crippen LogP contribution in [0.3, 0.4) is 0 Å². The topological polar surface area (TPSA) is 50.7 Å². The molecule has 0 heterocycles. The van der Waals surface area contributed by atoms with E-state index in [9.17, 15) is 5.11 Å². The van der Waals surface area contributed by atoms with E-state index in [4.69, 9.17) is 9.47 Å². The van der Waals surface area contributed by atoms with Crippen LogP contribution in [0.2, 0.25) is 0 Å². The summed E-state index contributed by atoms with van der Waals surface area (Å²) in [6.07, 6.45) is 3.32. The minimum absolute atomic E-state index is 0.380. The third-order valence-corrected chi connectivity index (χ3v) is 3.55. The van der Waals surface area contributed by atoms with Gasteiger partial charge in [-0.15, -0.1) is 0 Å². The maximum Gasteiger partial charge on any atom is 0.120 e. The molecule has 0 radical (unpaired) electrons. The molecule has 1 saturated carbocycles. The normalized spacial score (nSPS) is 17.8. The summed E-state index contributed by atoms with van der Waals surface area (Å²) in [6, 6.07) is 7.80. The Labute approximate surface area is 121 Å². The Hall–Kier alpha value is -1.10. The molecule has 112 valence electrons. The number of hydrogen-bond acceptors (Lipinski definition) is 4. The van der Waals surface area contributed by atoms with Crippen LogP contribution in [0.15, 0.2) is 24.3 Å². The van der Waals surface area contributed by atoms with Crippen molar-refractivity contribution in [1.29, 1.82) is 0 Å². The summed E-state index contributed by atoms with van der Waals surface area (Å²) < 4.78 is 10.8. The Morgan fingerprint density at radius 2 is 2.15 bits per heavy atom. The lowest BCUT2D eigenvalue weighted by Crippen LogP contribution is -2.29. The zero-order valence-corrected chi connectivity index (χ0v) is 12.4. The molecule has 0 aromatic heterocycles. The summed E-state index contributed by atoms with van der Waals surface area (Å²) in [7, 11) is 1.68. The molecule has 1 aromatic carbocycles. The monoisotopic (exact) mass is 279 g/mol. The summed E-state index contributed by atoms with van der Waals surface area (Å²) in [6.45, 7) is 4.09. The number of methoxy groups -OCH3 is 1. The highest BCUT2D eigenvalue weighted by Crippen LogP contribution is 2.31. The SMILES string of the molecule is COCCNCCC(C)(O)c1cccc(OC2CC2)c1. The lowest BCUT2D eigenvalue weighted by atomic mass is 9.92. The van der Waals surface area contributed by atoms with E-state index in [1.807, 2.05) is 31.2 Å². The highest BCUT2D eigenvalue weighted by Gasteiger charge is 2.26. The van der Waals surface area contributed by atoms with E-state index in [1.54, 1.807) is 7.11 Å². The van der Waals surface area contributed by atoms with Crippen molar-refractivity contribution in [2.45, 2.75) is 37.9 Å². The average Bonchev–Trinajstić information content (AvgIpc) is 3.23. The molecular weight excluding hydrogens is 254 g/mol. The minimum Gasteiger partial charge on any atom is -0.490 e. The fourth-order valence-corrected chi connectivity index (χ4v) is 2.06. The van der Waals surface area contributed by atoms with Crippen LogP contribution in [0.5, 0.6) is 5.75 Å². The molecule has 0 spiro atoms. The second-order valence-corrected chi connectivity index (χ2v) is 5.61. The van der Waals surface area contributed by atoms with Crippen LogP contribution in [-0.4, -0.2) is 38.0 Å². The summed E-state index contributed by atoms with van der Waals surface area (Å²) in [5.41, 5.74) is 0.0624. The van der Waals surface area contributed by atoms with E-state index in [0.29, 0.717) is 19.1 Å². The van der Waals surface area contributed by atoms with Gasteiger partial charge >= 0.3 is 0 Å². The Morgan fingerprint density at radius 3 is 2.85 bits per heavy atom. The second kappa shape index (κ2) is 7.07. The second-order valence-electron chi connectivity index (χ2n) is 5.61. The van der Waals surface area contributed by atoms with Crippen LogP contribution in [0.1, 0.15) is 31.7 Å². The molecular formula is C16H25NO3. The Balaban J connectivity index is 1.86. The fourth-order valence-electron chi connectivity index (χ4n) is 2.06. The van der Waals surface area contributed by atoms with Crippen molar-refractivity contribution in [3.63, 3.8) is 0 Å². The first-order chi connectivity index (χ1) is 9.62. The van der Waals surface area contributed by atoms with Crippen molar-refractivity contribution >= 4 is 0 Å². The smallest absolute Gasteiger partial charge is 0.120 e. The number of nitrogens with one attached hydrogen (secondary N) is 1. The standard InChI is InChI=1S/C16H25NO3/c1-16(18,8-9-17-10-11-19-2)13-4-3-5-15(12-13)20-14-6-7-14/h3-5,12,14,17-18H,6-11H2,1-2H3. The number of benzene rings is 1. The van der Waals surface area contributed by atoms with Crippen LogP contribution in [-0.2, 0) is 10.3 Å². The molecule has 0 aliphatic heterocycles. The summed E-state index contributed by atoms with van der Waals surface area (Å²) >= 11 is 0. The van der Waals surface area contributed by atoms with Gasteiger partial charge in [-0.25, -0.2) is 0 Å². The van der Waals surface area contributed by atoms with Gasteiger partial charge in [0.15, 0.2) is 0 Å². The maximum absolute atomic E-state index is 10.6. The van der Waals surface area contributed by atoms with Gasteiger partial charge in [0.25, 0.3) is 0 Å². The van der Waals surface area contributed by atoms with Crippen LogP contribution in [0.4, 0.5) is 0 Å². The molecule has 1 atom stereocenters. The van der Waals surface area contributed by atoms with Crippen LogP contribution >= 0.6 is 0 Å². The molecule has 0 bridgehead atoms. The van der Waals surface area contributed by atoms with E-state index < -0.39 is 5.60 Å². The van der Waals surface area contributed by atoms with Gasteiger partial charge in [0.05, 0.1) is 18.3 Å². The number of aliphatic hydroxyl groups is 1. The van der Waals surface area contributed by atoms with E-state index in [0.717, 1.165) is 37.2 Å². The summed E-state index contributed by atoms with van der Waals surface area (Å²) in [5.74, 6) is 0.859. The number of rotatable bonds is 9. The first kappa shape index (κ1) is 15.3. The predicted octanol–water partition coefficient (Wildman–Crippen LogP) is 2.06. The molecule has 1 aliphatic carbocycles. The molecule has 2 N–H and O–H groups in total. The van der Waals surface area contributed by atoms with E-state index >= 15 is 0 Å². The van der Waals surface area contributed by atoms with Crippen LogP contribution < -0.4 is 10.1 Å². The molecule has 1 aliphatic rings. The Bertz CT molecular complexity index is 416. The third kappa shape index (κ3) is 4.78. The maximum atomic E-state index is 10.6. The van der Waals surface area contributed by atoms with E-state index in [2.05, 4.69) is 5.32 Å². The van der Waals surface area contributed by atoms with Crippen molar-refractivity contribution in [2.24, 2.45) is 0 Å².